The van der Waals surface area contributed by atoms with E-state index >= 15 is 0 Å². The van der Waals surface area contributed by atoms with E-state index in [-0.39, 0.29) is 11.9 Å². The second-order valence-electron chi connectivity index (χ2n) is 5.91. The fourth-order valence-electron chi connectivity index (χ4n) is 2.98. The minimum atomic E-state index is 0.0976. The van der Waals surface area contributed by atoms with Gasteiger partial charge in [-0.05, 0) is 43.9 Å². The SMILES string of the molecule is Cc1cc(C)c(CCNC(=O)CC2COCCN2)c(C)c1. The summed E-state index contributed by atoms with van der Waals surface area (Å²) in [5.41, 5.74) is 5.26. The molecule has 0 radical (unpaired) electrons. The molecule has 116 valence electrons. The molecule has 1 heterocycles. The number of aryl methyl sites for hydroxylation is 3. The molecule has 1 atom stereocenters. The van der Waals surface area contributed by atoms with Crippen LogP contribution in [0.15, 0.2) is 12.1 Å². The molecule has 1 aliphatic heterocycles. The van der Waals surface area contributed by atoms with E-state index in [4.69, 9.17) is 4.74 Å². The minimum absolute atomic E-state index is 0.0976. The number of benzene rings is 1. The van der Waals surface area contributed by atoms with E-state index in [0.29, 0.717) is 19.6 Å². The first kappa shape index (κ1) is 16.0. The average molecular weight is 290 g/mol. The highest BCUT2D eigenvalue weighted by Crippen LogP contribution is 2.16. The van der Waals surface area contributed by atoms with Crippen LogP contribution in [-0.2, 0) is 16.0 Å². The third-order valence-corrected chi connectivity index (χ3v) is 3.97. The van der Waals surface area contributed by atoms with Crippen LogP contribution in [0.5, 0.6) is 0 Å². The molecule has 1 amide bonds. The second-order valence-corrected chi connectivity index (χ2v) is 5.91. The predicted octanol–water partition coefficient (Wildman–Crippen LogP) is 1.65. The van der Waals surface area contributed by atoms with Crippen LogP contribution in [0, 0.1) is 20.8 Å². The monoisotopic (exact) mass is 290 g/mol. The van der Waals surface area contributed by atoms with Crippen molar-refractivity contribution in [3.8, 4) is 0 Å². The van der Waals surface area contributed by atoms with Gasteiger partial charge >= 0.3 is 0 Å². The van der Waals surface area contributed by atoms with Crippen LogP contribution in [0.1, 0.15) is 28.7 Å². The molecular weight excluding hydrogens is 264 g/mol. The number of carbonyl (C=O) groups is 1. The summed E-state index contributed by atoms with van der Waals surface area (Å²) < 4.78 is 5.36. The first-order chi connectivity index (χ1) is 10.1. The van der Waals surface area contributed by atoms with Gasteiger partial charge in [0.15, 0.2) is 0 Å². The van der Waals surface area contributed by atoms with Gasteiger partial charge in [0.05, 0.1) is 13.2 Å². The Morgan fingerprint density at radius 1 is 1.33 bits per heavy atom. The summed E-state index contributed by atoms with van der Waals surface area (Å²) in [6, 6.07) is 4.56. The van der Waals surface area contributed by atoms with Crippen molar-refractivity contribution in [1.82, 2.24) is 10.6 Å². The predicted molar refractivity (Wildman–Crippen MR) is 84.6 cm³/mol. The van der Waals surface area contributed by atoms with Crippen molar-refractivity contribution in [1.29, 1.82) is 0 Å². The van der Waals surface area contributed by atoms with E-state index in [1.54, 1.807) is 0 Å². The maximum atomic E-state index is 11.9. The zero-order valence-corrected chi connectivity index (χ0v) is 13.3. The van der Waals surface area contributed by atoms with Gasteiger partial charge in [-0.15, -0.1) is 0 Å². The quantitative estimate of drug-likeness (QED) is 0.867. The fraction of sp³-hybridized carbons (Fsp3) is 0.588. The molecule has 2 N–H and O–H groups in total. The Morgan fingerprint density at radius 2 is 2.05 bits per heavy atom. The average Bonchev–Trinajstić information content (AvgIpc) is 2.42. The van der Waals surface area contributed by atoms with E-state index < -0.39 is 0 Å². The van der Waals surface area contributed by atoms with Crippen LogP contribution in [-0.4, -0.2) is 38.3 Å². The molecule has 1 unspecified atom stereocenters. The van der Waals surface area contributed by atoms with Gasteiger partial charge in [-0.25, -0.2) is 0 Å². The van der Waals surface area contributed by atoms with E-state index in [1.165, 1.54) is 22.3 Å². The minimum Gasteiger partial charge on any atom is -0.378 e. The summed E-state index contributed by atoms with van der Waals surface area (Å²) in [5, 5.41) is 6.31. The topological polar surface area (TPSA) is 50.4 Å². The molecule has 0 aromatic heterocycles. The van der Waals surface area contributed by atoms with Gasteiger partial charge in [-0.1, -0.05) is 17.7 Å². The Bertz CT molecular complexity index is 471. The summed E-state index contributed by atoms with van der Waals surface area (Å²) in [7, 11) is 0. The van der Waals surface area contributed by atoms with Crippen LogP contribution in [0.2, 0.25) is 0 Å². The highest BCUT2D eigenvalue weighted by atomic mass is 16.5. The Labute approximate surface area is 127 Å². The molecule has 1 fully saturated rings. The fourth-order valence-corrected chi connectivity index (χ4v) is 2.98. The van der Waals surface area contributed by atoms with Crippen molar-refractivity contribution in [3.05, 3.63) is 34.4 Å². The molecule has 4 nitrogen and oxygen atoms in total. The number of hydrogen-bond acceptors (Lipinski definition) is 3. The molecule has 0 saturated carbocycles. The standard InChI is InChI=1S/C17H26N2O2/c1-12-8-13(2)16(14(3)9-12)4-5-19-17(20)10-15-11-21-7-6-18-15/h8-9,15,18H,4-7,10-11H2,1-3H3,(H,19,20). The lowest BCUT2D eigenvalue weighted by atomic mass is 9.97. The number of nitrogens with one attached hydrogen (secondary N) is 2. The smallest absolute Gasteiger partial charge is 0.221 e. The first-order valence-corrected chi connectivity index (χ1v) is 7.71. The highest BCUT2D eigenvalue weighted by molar-refractivity contribution is 5.76. The summed E-state index contributed by atoms with van der Waals surface area (Å²) >= 11 is 0. The molecule has 0 spiro atoms. The summed E-state index contributed by atoms with van der Waals surface area (Å²) in [6.07, 6.45) is 1.38. The van der Waals surface area contributed by atoms with Gasteiger partial charge in [-0.3, -0.25) is 4.79 Å². The summed E-state index contributed by atoms with van der Waals surface area (Å²) in [6.45, 7) is 9.29. The van der Waals surface area contributed by atoms with Crippen LogP contribution in [0.4, 0.5) is 0 Å². The largest absolute Gasteiger partial charge is 0.378 e. The maximum Gasteiger partial charge on any atom is 0.221 e. The lowest BCUT2D eigenvalue weighted by molar-refractivity contribution is -0.122. The van der Waals surface area contributed by atoms with Crippen molar-refractivity contribution in [2.75, 3.05) is 26.3 Å². The Kier molecular flexibility index (Phi) is 5.76. The third kappa shape index (κ3) is 4.83. The maximum absolute atomic E-state index is 11.9. The van der Waals surface area contributed by atoms with Gasteiger partial charge in [0.25, 0.3) is 0 Å². The van der Waals surface area contributed by atoms with Crippen molar-refractivity contribution < 1.29 is 9.53 Å². The Balaban J connectivity index is 1.77. The number of amides is 1. The van der Waals surface area contributed by atoms with Gasteiger partial charge in [0, 0.05) is 25.6 Å². The Morgan fingerprint density at radius 3 is 2.67 bits per heavy atom. The second kappa shape index (κ2) is 7.57. The van der Waals surface area contributed by atoms with Crippen molar-refractivity contribution in [2.24, 2.45) is 0 Å². The third-order valence-electron chi connectivity index (χ3n) is 3.97. The first-order valence-electron chi connectivity index (χ1n) is 7.71. The molecule has 2 rings (SSSR count). The van der Waals surface area contributed by atoms with E-state index in [1.807, 2.05) is 0 Å². The van der Waals surface area contributed by atoms with Crippen molar-refractivity contribution >= 4 is 5.91 Å². The number of ether oxygens (including phenoxy) is 1. The van der Waals surface area contributed by atoms with Crippen molar-refractivity contribution in [2.45, 2.75) is 39.7 Å². The molecule has 1 aromatic carbocycles. The highest BCUT2D eigenvalue weighted by Gasteiger charge is 2.16. The van der Waals surface area contributed by atoms with Gasteiger partial charge < -0.3 is 15.4 Å². The normalized spacial score (nSPS) is 18.5. The number of rotatable bonds is 5. The van der Waals surface area contributed by atoms with E-state index in [0.717, 1.165) is 19.6 Å². The molecule has 0 bridgehead atoms. The molecule has 0 aliphatic carbocycles. The molecular formula is C17H26N2O2. The molecule has 4 heteroatoms. The molecule has 21 heavy (non-hydrogen) atoms. The number of morpholine rings is 1. The van der Waals surface area contributed by atoms with E-state index in [9.17, 15) is 4.79 Å². The zero-order valence-electron chi connectivity index (χ0n) is 13.3. The van der Waals surface area contributed by atoms with Gasteiger partial charge in [-0.2, -0.15) is 0 Å². The molecule has 1 aliphatic rings. The van der Waals surface area contributed by atoms with Crippen LogP contribution >= 0.6 is 0 Å². The Hall–Kier alpha value is -1.39. The molecule has 1 saturated heterocycles. The van der Waals surface area contributed by atoms with Gasteiger partial charge in [0.2, 0.25) is 5.91 Å². The van der Waals surface area contributed by atoms with E-state index in [2.05, 4.69) is 43.5 Å². The van der Waals surface area contributed by atoms with Crippen LogP contribution in [0.25, 0.3) is 0 Å². The molecule has 1 aromatic rings. The summed E-state index contributed by atoms with van der Waals surface area (Å²) in [4.78, 5) is 11.9. The number of hydrogen-bond donors (Lipinski definition) is 2. The van der Waals surface area contributed by atoms with Crippen LogP contribution < -0.4 is 10.6 Å². The lowest BCUT2D eigenvalue weighted by Gasteiger charge is -2.23. The van der Waals surface area contributed by atoms with Crippen molar-refractivity contribution in [3.63, 3.8) is 0 Å². The van der Waals surface area contributed by atoms with Crippen LogP contribution in [0.3, 0.4) is 0 Å². The summed E-state index contributed by atoms with van der Waals surface area (Å²) in [5.74, 6) is 0.0976. The van der Waals surface area contributed by atoms with Gasteiger partial charge in [0.1, 0.15) is 0 Å². The zero-order chi connectivity index (χ0) is 15.2. The number of carbonyl (C=O) groups excluding carboxylic acids is 1. The lowest BCUT2D eigenvalue weighted by Crippen LogP contribution is -2.44.